The predicted molar refractivity (Wildman–Crippen MR) is 58.2 cm³/mol. The van der Waals surface area contributed by atoms with E-state index in [9.17, 15) is 0 Å². The van der Waals surface area contributed by atoms with Gasteiger partial charge in [0, 0.05) is 13.1 Å². The van der Waals surface area contributed by atoms with E-state index in [1.807, 2.05) is 12.1 Å². The molecular weight excluding hydrogens is 176 g/mol. The van der Waals surface area contributed by atoms with Gasteiger partial charge in [-0.2, -0.15) is 5.10 Å². The third-order valence-electron chi connectivity index (χ3n) is 1.83. The maximum Gasteiger partial charge on any atom is 0.148 e. The minimum absolute atomic E-state index is 0.789. The van der Waals surface area contributed by atoms with Gasteiger partial charge >= 0.3 is 0 Å². The van der Waals surface area contributed by atoms with Crippen molar-refractivity contribution in [2.45, 2.75) is 26.8 Å². The Kier molecular flexibility index (Phi) is 4.93. The maximum absolute atomic E-state index is 4.09. The highest BCUT2D eigenvalue weighted by molar-refractivity contribution is 5.32. The Hall–Kier alpha value is -1.16. The van der Waals surface area contributed by atoms with Crippen LogP contribution in [0.25, 0.3) is 0 Å². The maximum atomic E-state index is 4.09. The van der Waals surface area contributed by atoms with Gasteiger partial charge in [-0.1, -0.05) is 13.8 Å². The van der Waals surface area contributed by atoms with Crippen molar-refractivity contribution in [1.29, 1.82) is 0 Å². The molecule has 0 radical (unpaired) electrons. The van der Waals surface area contributed by atoms with E-state index in [4.69, 9.17) is 0 Å². The summed E-state index contributed by atoms with van der Waals surface area (Å²) in [6.45, 7) is 6.89. The Morgan fingerprint density at radius 2 is 2.07 bits per heavy atom. The fraction of sp³-hybridized carbons (Fsp3) is 0.600. The average Bonchev–Trinajstić information content (AvgIpc) is 2.25. The van der Waals surface area contributed by atoms with Crippen molar-refractivity contribution in [2.24, 2.45) is 0 Å². The van der Waals surface area contributed by atoms with Gasteiger partial charge in [-0.15, -0.1) is 5.10 Å². The Bertz CT molecular complexity index is 218. The third-order valence-corrected chi connectivity index (χ3v) is 1.83. The minimum atomic E-state index is 0.789. The van der Waals surface area contributed by atoms with Gasteiger partial charge in [-0.05, 0) is 25.1 Å². The van der Waals surface area contributed by atoms with Crippen molar-refractivity contribution in [2.75, 3.05) is 18.4 Å². The van der Waals surface area contributed by atoms with Gasteiger partial charge in [-0.3, -0.25) is 0 Å². The molecule has 1 rings (SSSR count). The number of aromatic nitrogens is 2. The summed E-state index contributed by atoms with van der Waals surface area (Å²) in [4.78, 5) is 0. The molecule has 0 unspecified atom stereocenters. The molecule has 0 bridgehead atoms. The van der Waals surface area contributed by atoms with Crippen LogP contribution >= 0.6 is 0 Å². The second-order valence-electron chi connectivity index (χ2n) is 3.12. The molecule has 14 heavy (non-hydrogen) atoms. The molecule has 0 atom stereocenters. The molecule has 1 aromatic heterocycles. The zero-order chi connectivity index (χ0) is 10.2. The average molecular weight is 194 g/mol. The summed E-state index contributed by atoms with van der Waals surface area (Å²) < 4.78 is 0. The minimum Gasteiger partial charge on any atom is -0.369 e. The Morgan fingerprint density at radius 1 is 1.21 bits per heavy atom. The van der Waals surface area contributed by atoms with E-state index in [2.05, 4.69) is 34.7 Å². The molecule has 78 valence electrons. The SMILES string of the molecule is CCCNc1ccc(CNCC)nn1. The molecule has 0 saturated carbocycles. The predicted octanol–water partition coefficient (Wildman–Crippen LogP) is 1.41. The zero-order valence-electron chi connectivity index (χ0n) is 8.88. The smallest absolute Gasteiger partial charge is 0.148 e. The van der Waals surface area contributed by atoms with Gasteiger partial charge in [0.25, 0.3) is 0 Å². The van der Waals surface area contributed by atoms with Crippen LogP contribution in [-0.4, -0.2) is 23.3 Å². The van der Waals surface area contributed by atoms with Crippen LogP contribution in [0.3, 0.4) is 0 Å². The lowest BCUT2D eigenvalue weighted by atomic mass is 10.3. The van der Waals surface area contributed by atoms with E-state index in [-0.39, 0.29) is 0 Å². The first-order valence-electron chi connectivity index (χ1n) is 5.14. The van der Waals surface area contributed by atoms with Crippen molar-refractivity contribution in [3.63, 3.8) is 0 Å². The van der Waals surface area contributed by atoms with Gasteiger partial charge in [0.05, 0.1) is 5.69 Å². The first-order chi connectivity index (χ1) is 6.86. The molecule has 4 heteroatoms. The van der Waals surface area contributed by atoms with Crippen LogP contribution in [0.4, 0.5) is 5.82 Å². The van der Waals surface area contributed by atoms with Crippen LogP contribution in [0.5, 0.6) is 0 Å². The van der Waals surface area contributed by atoms with Crippen molar-refractivity contribution in [3.8, 4) is 0 Å². The summed E-state index contributed by atoms with van der Waals surface area (Å²) in [5.41, 5.74) is 0.980. The topological polar surface area (TPSA) is 49.8 Å². The van der Waals surface area contributed by atoms with Crippen LogP contribution in [0.1, 0.15) is 26.0 Å². The van der Waals surface area contributed by atoms with Gasteiger partial charge in [-0.25, -0.2) is 0 Å². The standard InChI is InChI=1S/C10H18N4/c1-3-7-12-10-6-5-9(13-14-10)8-11-4-2/h5-6,11H,3-4,7-8H2,1-2H3,(H,12,14). The summed E-state index contributed by atoms with van der Waals surface area (Å²) in [7, 11) is 0. The van der Waals surface area contributed by atoms with Crippen molar-refractivity contribution in [3.05, 3.63) is 17.8 Å². The van der Waals surface area contributed by atoms with E-state index in [1.54, 1.807) is 0 Å². The third kappa shape index (κ3) is 3.70. The van der Waals surface area contributed by atoms with Gasteiger partial charge in [0.2, 0.25) is 0 Å². The number of anilines is 1. The summed E-state index contributed by atoms with van der Waals surface area (Å²) in [5.74, 6) is 0.854. The Balaban J connectivity index is 2.42. The Labute approximate surface area is 85.1 Å². The number of nitrogens with one attached hydrogen (secondary N) is 2. The molecule has 2 N–H and O–H groups in total. The largest absolute Gasteiger partial charge is 0.369 e. The second kappa shape index (κ2) is 6.32. The summed E-state index contributed by atoms with van der Waals surface area (Å²) in [5, 5.41) is 14.5. The van der Waals surface area contributed by atoms with E-state index in [0.29, 0.717) is 0 Å². The monoisotopic (exact) mass is 194 g/mol. The van der Waals surface area contributed by atoms with E-state index in [1.165, 1.54) is 0 Å². The first-order valence-corrected chi connectivity index (χ1v) is 5.14. The molecule has 0 aliphatic carbocycles. The lowest BCUT2D eigenvalue weighted by Gasteiger charge is -2.04. The van der Waals surface area contributed by atoms with Crippen LogP contribution in [0, 0.1) is 0 Å². The summed E-state index contributed by atoms with van der Waals surface area (Å²) in [6.07, 6.45) is 1.10. The van der Waals surface area contributed by atoms with Crippen LogP contribution in [0.15, 0.2) is 12.1 Å². The molecule has 0 aromatic carbocycles. The summed E-state index contributed by atoms with van der Waals surface area (Å²) in [6, 6.07) is 3.96. The molecule has 4 nitrogen and oxygen atoms in total. The fourth-order valence-electron chi connectivity index (χ4n) is 1.05. The van der Waals surface area contributed by atoms with Crippen molar-refractivity contribution < 1.29 is 0 Å². The van der Waals surface area contributed by atoms with Crippen LogP contribution in [0.2, 0.25) is 0 Å². The van der Waals surface area contributed by atoms with Crippen LogP contribution in [-0.2, 0) is 6.54 Å². The number of rotatable bonds is 6. The van der Waals surface area contributed by atoms with Gasteiger partial charge < -0.3 is 10.6 Å². The van der Waals surface area contributed by atoms with E-state index >= 15 is 0 Å². The molecule has 0 aliphatic rings. The number of nitrogens with zero attached hydrogens (tertiary/aromatic N) is 2. The van der Waals surface area contributed by atoms with Crippen LogP contribution < -0.4 is 10.6 Å². The van der Waals surface area contributed by atoms with Crippen molar-refractivity contribution in [1.82, 2.24) is 15.5 Å². The quantitative estimate of drug-likeness (QED) is 0.719. The second-order valence-corrected chi connectivity index (χ2v) is 3.12. The van der Waals surface area contributed by atoms with Crippen molar-refractivity contribution >= 4 is 5.82 Å². The normalized spacial score (nSPS) is 10.1. The Morgan fingerprint density at radius 3 is 2.64 bits per heavy atom. The van der Waals surface area contributed by atoms with E-state index < -0.39 is 0 Å². The van der Waals surface area contributed by atoms with Gasteiger partial charge in [0.1, 0.15) is 5.82 Å². The molecule has 1 heterocycles. The highest BCUT2D eigenvalue weighted by Gasteiger charge is 1.95. The van der Waals surface area contributed by atoms with E-state index in [0.717, 1.165) is 37.6 Å². The molecule has 0 saturated heterocycles. The number of hydrogen-bond donors (Lipinski definition) is 2. The van der Waals surface area contributed by atoms with Gasteiger partial charge in [0.15, 0.2) is 0 Å². The number of hydrogen-bond acceptors (Lipinski definition) is 4. The molecule has 0 fully saturated rings. The molecule has 1 aromatic rings. The first kappa shape index (κ1) is 10.9. The molecule has 0 amide bonds. The molecule has 0 spiro atoms. The highest BCUT2D eigenvalue weighted by Crippen LogP contribution is 2.01. The molecule has 0 aliphatic heterocycles. The fourth-order valence-corrected chi connectivity index (χ4v) is 1.05. The molecular formula is C10H18N4. The highest BCUT2D eigenvalue weighted by atomic mass is 15.2. The lowest BCUT2D eigenvalue weighted by molar-refractivity contribution is 0.699. The summed E-state index contributed by atoms with van der Waals surface area (Å²) >= 11 is 0. The lowest BCUT2D eigenvalue weighted by Crippen LogP contribution is -2.13. The zero-order valence-corrected chi connectivity index (χ0v) is 8.88.